The molecule has 12 rings (SSSR count). The molecule has 9 saturated carbocycles. The van der Waals surface area contributed by atoms with Gasteiger partial charge in [0.15, 0.2) is 5.78 Å². The molecule has 0 aromatic heterocycles. The number of amides is 1. The van der Waals surface area contributed by atoms with Crippen LogP contribution in [0.4, 0.5) is 4.39 Å². The Morgan fingerprint density at radius 3 is 2.53 bits per heavy atom. The maximum atomic E-state index is 16.3. The molecule has 8 heteroatoms. The van der Waals surface area contributed by atoms with E-state index in [1.54, 1.807) is 5.57 Å². The molecule has 18 unspecified atom stereocenters. The van der Waals surface area contributed by atoms with Gasteiger partial charge in [-0.2, -0.15) is 0 Å². The third kappa shape index (κ3) is 4.76. The Hall–Kier alpha value is -1.35. The number of aliphatic hydroxyl groups excluding tert-OH is 1. The first kappa shape index (κ1) is 34.9. The van der Waals surface area contributed by atoms with Crippen LogP contribution in [-0.4, -0.2) is 59.3 Å². The monoisotopic (exact) mass is 731 g/mol. The van der Waals surface area contributed by atoms with Crippen molar-refractivity contribution in [2.45, 2.75) is 140 Å². The Balaban J connectivity index is 0.915. The molecular formula is C45H67FN4O3. The molecule has 11 aliphatic carbocycles. The lowest BCUT2D eigenvalue weighted by atomic mass is 9.65. The Morgan fingerprint density at radius 2 is 1.77 bits per heavy atom. The first-order chi connectivity index (χ1) is 25.4. The van der Waals surface area contributed by atoms with E-state index in [9.17, 15) is 14.7 Å². The van der Waals surface area contributed by atoms with Gasteiger partial charge in [-0.05, 0) is 172 Å². The van der Waals surface area contributed by atoms with Gasteiger partial charge in [0.25, 0.3) is 0 Å². The van der Waals surface area contributed by atoms with Crippen molar-refractivity contribution in [1.82, 2.24) is 4.90 Å². The number of likely N-dealkylation sites (tertiary alicyclic amines) is 1. The Kier molecular flexibility index (Phi) is 7.50. The summed E-state index contributed by atoms with van der Waals surface area (Å²) in [6.45, 7) is 4.22. The van der Waals surface area contributed by atoms with Gasteiger partial charge in [0, 0.05) is 36.9 Å². The number of halogens is 1. The van der Waals surface area contributed by atoms with E-state index in [0.717, 1.165) is 95.3 Å². The molecule has 1 aliphatic heterocycles. The molecule has 7 N–H and O–H groups in total. The van der Waals surface area contributed by atoms with E-state index in [4.69, 9.17) is 17.2 Å². The minimum Gasteiger partial charge on any atom is -0.378 e. The summed E-state index contributed by atoms with van der Waals surface area (Å²) in [5.41, 5.74) is 20.8. The largest absolute Gasteiger partial charge is 0.378 e. The minimum absolute atomic E-state index is 0.0341. The Bertz CT molecular complexity index is 1610. The van der Waals surface area contributed by atoms with Gasteiger partial charge in [0.1, 0.15) is 12.4 Å². The zero-order valence-corrected chi connectivity index (χ0v) is 32.3. The molecule has 4 bridgehead atoms. The molecule has 1 amide bonds. The summed E-state index contributed by atoms with van der Waals surface area (Å²) in [6.07, 6.45) is 20.3. The van der Waals surface area contributed by atoms with E-state index >= 15 is 4.39 Å². The lowest BCUT2D eigenvalue weighted by Crippen LogP contribution is -2.41. The highest BCUT2D eigenvalue weighted by molar-refractivity contribution is 5.93. The van der Waals surface area contributed by atoms with Gasteiger partial charge in [-0.1, -0.05) is 37.8 Å². The van der Waals surface area contributed by atoms with Gasteiger partial charge in [0.05, 0.1) is 5.54 Å². The smallest absolute Gasteiger partial charge is 0.225 e. The number of allylic oxidation sites excluding steroid dienone is 2. The fraction of sp³-hybridized carbons (Fsp3) is 0.911. The molecule has 12 aliphatic rings. The molecule has 0 radical (unpaired) electrons. The SMILES string of the molecule is CC1C(C2C=C(C3CCC(C(=O)N4CCCC(C(=O)C5(N)CC5)CC4)C4CCCCC(C3)C3C(F)C43)C34CCC5(C2)CC5C3C4)C12CC2(CN)C(N)O. The Labute approximate surface area is 316 Å². The van der Waals surface area contributed by atoms with Crippen LogP contribution in [0.3, 0.4) is 0 Å². The second-order valence-electron chi connectivity index (χ2n) is 21.9. The predicted molar refractivity (Wildman–Crippen MR) is 201 cm³/mol. The second-order valence-corrected chi connectivity index (χ2v) is 21.9. The maximum Gasteiger partial charge on any atom is 0.225 e. The van der Waals surface area contributed by atoms with Gasteiger partial charge >= 0.3 is 0 Å². The van der Waals surface area contributed by atoms with Gasteiger partial charge in [-0.25, -0.2) is 4.39 Å². The highest BCUT2D eigenvalue weighted by Crippen LogP contribution is 2.89. The van der Waals surface area contributed by atoms with Crippen LogP contribution in [0, 0.1) is 92.7 Å². The number of alkyl halides is 1. The van der Waals surface area contributed by atoms with Gasteiger partial charge in [-0.3, -0.25) is 9.59 Å². The summed E-state index contributed by atoms with van der Waals surface area (Å²) in [5, 5.41) is 10.8. The molecule has 3 spiro atoms. The van der Waals surface area contributed by atoms with E-state index in [1.807, 2.05) is 0 Å². The van der Waals surface area contributed by atoms with E-state index in [2.05, 4.69) is 17.9 Å². The second kappa shape index (κ2) is 11.4. The predicted octanol–water partition coefficient (Wildman–Crippen LogP) is 6.11. The van der Waals surface area contributed by atoms with Crippen molar-refractivity contribution in [3.8, 4) is 0 Å². The van der Waals surface area contributed by atoms with Crippen LogP contribution in [0.25, 0.3) is 0 Å². The summed E-state index contributed by atoms with van der Waals surface area (Å²) < 4.78 is 16.3. The fourth-order valence-corrected chi connectivity index (χ4v) is 16.7. The molecule has 0 aromatic rings. The van der Waals surface area contributed by atoms with Crippen LogP contribution in [0.15, 0.2) is 11.6 Å². The van der Waals surface area contributed by atoms with Crippen LogP contribution in [0.1, 0.15) is 122 Å². The number of carbonyl (C=O) groups excluding carboxylic acids is 2. The van der Waals surface area contributed by atoms with Gasteiger partial charge < -0.3 is 27.2 Å². The number of rotatable bonds is 7. The van der Waals surface area contributed by atoms with Crippen molar-refractivity contribution in [1.29, 1.82) is 0 Å². The molecule has 0 aromatic carbocycles. The minimum atomic E-state index is -0.857. The topological polar surface area (TPSA) is 136 Å². The van der Waals surface area contributed by atoms with Crippen molar-refractivity contribution < 1.29 is 19.1 Å². The fourth-order valence-electron chi connectivity index (χ4n) is 16.7. The highest BCUT2D eigenvalue weighted by atomic mass is 19.1. The maximum absolute atomic E-state index is 16.3. The van der Waals surface area contributed by atoms with Gasteiger partial charge in [-0.15, -0.1) is 0 Å². The van der Waals surface area contributed by atoms with Crippen molar-refractivity contribution in [2.24, 2.45) is 110 Å². The number of nitrogens with zero attached hydrogens (tertiary/aromatic N) is 1. The number of ketones is 1. The molecule has 292 valence electrons. The average Bonchev–Trinajstić information content (AvgIpc) is 3.88. The standard InChI is InChI=1S/C45H67FN4O3/c1-24-36(45(24)22-43(45,23-47)40(48)53)28-18-31(42-12-11-41(19-28)20-32(41)33(42)21-42)26-8-9-30(29-7-3-2-5-27(17-26)34-35(29)37(34)46)39(52)50-15-4-6-25(10-16-50)38(51)44(49)13-14-44/h18,24-30,32-37,40,53H,2-17,19-23,47-49H2,1H3. The number of nitrogens with two attached hydrogens (primary N) is 3. The number of hydrogen-bond donors (Lipinski definition) is 4. The molecule has 1 heterocycles. The van der Waals surface area contributed by atoms with E-state index in [0.29, 0.717) is 60.1 Å². The van der Waals surface area contributed by atoms with Crippen LogP contribution >= 0.6 is 0 Å². The summed E-state index contributed by atoms with van der Waals surface area (Å²) in [4.78, 5) is 30.2. The van der Waals surface area contributed by atoms with Crippen molar-refractivity contribution in [3.63, 3.8) is 0 Å². The first-order valence-corrected chi connectivity index (χ1v) is 22.6. The van der Waals surface area contributed by atoms with Crippen LogP contribution < -0.4 is 17.2 Å². The van der Waals surface area contributed by atoms with Crippen molar-refractivity contribution in [2.75, 3.05) is 19.6 Å². The summed E-state index contributed by atoms with van der Waals surface area (Å²) in [5.74, 6) is 4.75. The lowest BCUT2D eigenvalue weighted by molar-refractivity contribution is -0.138. The van der Waals surface area contributed by atoms with E-state index in [-0.39, 0.29) is 52.1 Å². The summed E-state index contributed by atoms with van der Waals surface area (Å²) >= 11 is 0. The molecular weight excluding hydrogens is 664 g/mol. The van der Waals surface area contributed by atoms with Crippen LogP contribution in [-0.2, 0) is 9.59 Å². The normalized spacial score (nSPS) is 55.8. The zero-order chi connectivity index (χ0) is 36.4. The third-order valence-corrected chi connectivity index (χ3v) is 20.0. The summed E-state index contributed by atoms with van der Waals surface area (Å²) in [6, 6.07) is 0. The van der Waals surface area contributed by atoms with Crippen molar-refractivity contribution in [3.05, 3.63) is 11.6 Å². The molecule has 18 atom stereocenters. The lowest BCUT2D eigenvalue weighted by Gasteiger charge is -2.40. The van der Waals surface area contributed by atoms with Gasteiger partial charge in [0.2, 0.25) is 5.91 Å². The third-order valence-electron chi connectivity index (χ3n) is 20.0. The molecule has 53 heavy (non-hydrogen) atoms. The summed E-state index contributed by atoms with van der Waals surface area (Å²) in [7, 11) is 0. The highest BCUT2D eigenvalue weighted by Gasteiger charge is 2.86. The number of carbonyl (C=O) groups is 2. The van der Waals surface area contributed by atoms with Crippen molar-refractivity contribution >= 4 is 11.7 Å². The van der Waals surface area contributed by atoms with Crippen LogP contribution in [0.2, 0.25) is 0 Å². The number of fused-ring (bicyclic) bond motifs is 3. The molecule has 10 fully saturated rings. The first-order valence-electron chi connectivity index (χ1n) is 22.6. The van der Waals surface area contributed by atoms with Crippen LogP contribution in [0.5, 0.6) is 0 Å². The quantitative estimate of drug-likeness (QED) is 0.184. The number of aliphatic hydroxyl groups is 1. The number of hydrogen-bond acceptors (Lipinski definition) is 6. The average molecular weight is 731 g/mol. The van der Waals surface area contributed by atoms with E-state index < -0.39 is 17.9 Å². The zero-order valence-electron chi connectivity index (χ0n) is 32.3. The molecule has 1 saturated heterocycles. The number of Topliss-reactive ketones (excluding diaryl/α,β-unsaturated/α-hetero) is 1. The Morgan fingerprint density at radius 1 is 0.962 bits per heavy atom. The molecule has 7 nitrogen and oxygen atoms in total. The van der Waals surface area contributed by atoms with E-state index in [1.165, 1.54) is 32.1 Å².